The van der Waals surface area contributed by atoms with Gasteiger partial charge in [0.25, 0.3) is 0 Å². The minimum Gasteiger partial charge on any atom is -0.466 e. The average molecular weight is 502 g/mol. The molecule has 35 heavy (non-hydrogen) atoms. The molecule has 1 saturated heterocycles. The van der Waals surface area contributed by atoms with E-state index in [1.54, 1.807) is 37.3 Å². The van der Waals surface area contributed by atoms with Gasteiger partial charge >= 0.3 is 5.97 Å². The second-order valence-corrected chi connectivity index (χ2v) is 11.3. The van der Waals surface area contributed by atoms with Crippen molar-refractivity contribution in [2.75, 3.05) is 6.61 Å². The van der Waals surface area contributed by atoms with Crippen molar-refractivity contribution in [3.8, 4) is 12.3 Å². The first kappa shape index (κ1) is 25.3. The number of carbonyl (C=O) groups is 1. The van der Waals surface area contributed by atoms with E-state index in [0.717, 1.165) is 16.4 Å². The first-order valence-corrected chi connectivity index (χ1v) is 13.4. The molecule has 1 saturated carbocycles. The van der Waals surface area contributed by atoms with Gasteiger partial charge in [0.15, 0.2) is 0 Å². The van der Waals surface area contributed by atoms with Crippen molar-refractivity contribution < 1.29 is 26.7 Å². The summed E-state index contributed by atoms with van der Waals surface area (Å²) in [6, 6.07) is 10.3. The second-order valence-electron chi connectivity index (χ2n) is 9.26. The summed E-state index contributed by atoms with van der Waals surface area (Å²) < 4.78 is 63.5. The van der Waals surface area contributed by atoms with E-state index in [2.05, 4.69) is 5.92 Å². The lowest BCUT2D eigenvalue weighted by Crippen LogP contribution is -2.45. The Balaban J connectivity index is 1.59. The lowest BCUT2D eigenvalue weighted by Gasteiger charge is -2.37. The van der Waals surface area contributed by atoms with Gasteiger partial charge in [0.2, 0.25) is 10.0 Å². The molecule has 1 heterocycles. The Morgan fingerprint density at radius 1 is 1.17 bits per heavy atom. The number of benzene rings is 2. The van der Waals surface area contributed by atoms with E-state index >= 15 is 8.78 Å². The highest BCUT2D eigenvalue weighted by molar-refractivity contribution is 7.89. The highest BCUT2D eigenvalue weighted by atomic mass is 32.2. The molecule has 2 atom stereocenters. The lowest BCUT2D eigenvalue weighted by molar-refractivity contribution is -0.143. The summed E-state index contributed by atoms with van der Waals surface area (Å²) in [5.74, 6) is 0.858. The number of terminal acetylenes is 1. The molecule has 0 amide bonds. The van der Waals surface area contributed by atoms with Crippen LogP contribution in [0.4, 0.5) is 8.78 Å². The largest absolute Gasteiger partial charge is 0.466 e. The van der Waals surface area contributed by atoms with Gasteiger partial charge < -0.3 is 4.74 Å². The van der Waals surface area contributed by atoms with Crippen molar-refractivity contribution in [1.29, 1.82) is 0 Å². The van der Waals surface area contributed by atoms with Crippen LogP contribution in [0.25, 0.3) is 0 Å². The molecule has 1 aliphatic heterocycles. The highest BCUT2D eigenvalue weighted by Crippen LogP contribution is 2.53. The molecule has 2 fully saturated rings. The summed E-state index contributed by atoms with van der Waals surface area (Å²) >= 11 is 0. The monoisotopic (exact) mass is 501 g/mol. The third-order valence-corrected chi connectivity index (χ3v) is 9.36. The third kappa shape index (κ3) is 5.12. The van der Waals surface area contributed by atoms with Crippen molar-refractivity contribution in [1.82, 2.24) is 4.31 Å². The zero-order valence-electron chi connectivity index (χ0n) is 19.7. The molecule has 2 aromatic rings. The van der Waals surface area contributed by atoms with E-state index in [1.807, 2.05) is 0 Å². The van der Waals surface area contributed by atoms with Crippen molar-refractivity contribution in [2.45, 2.75) is 68.7 Å². The number of hydrogen-bond donors (Lipinski definition) is 0. The van der Waals surface area contributed by atoms with Crippen LogP contribution in [0.15, 0.2) is 42.5 Å². The van der Waals surface area contributed by atoms with Crippen LogP contribution in [0.1, 0.15) is 67.4 Å². The van der Waals surface area contributed by atoms with Crippen molar-refractivity contribution in [3.05, 3.63) is 70.8 Å². The van der Waals surface area contributed by atoms with Gasteiger partial charge in [0, 0.05) is 18.5 Å². The molecule has 2 aromatic carbocycles. The van der Waals surface area contributed by atoms with Crippen LogP contribution >= 0.6 is 0 Å². The molecule has 1 aliphatic carbocycles. The van der Waals surface area contributed by atoms with E-state index in [1.165, 1.54) is 0 Å². The molecule has 0 N–H and O–H groups in total. The number of sulfonamides is 1. The minimum absolute atomic E-state index is 0.0648. The number of rotatable bonds is 8. The molecule has 5 nitrogen and oxygen atoms in total. The molecule has 0 bridgehead atoms. The first-order chi connectivity index (χ1) is 16.7. The fourth-order valence-corrected chi connectivity index (χ4v) is 7.08. The van der Waals surface area contributed by atoms with Gasteiger partial charge in [-0.1, -0.05) is 36.3 Å². The summed E-state index contributed by atoms with van der Waals surface area (Å²) in [6.45, 7) is 1.64. The quantitative estimate of drug-likeness (QED) is 0.377. The van der Waals surface area contributed by atoms with Crippen LogP contribution in [0.3, 0.4) is 0 Å². The first-order valence-electron chi connectivity index (χ1n) is 11.9. The number of esters is 1. The van der Waals surface area contributed by atoms with E-state index in [-0.39, 0.29) is 36.7 Å². The van der Waals surface area contributed by atoms with E-state index in [9.17, 15) is 13.2 Å². The number of carbonyl (C=O) groups excluding carboxylic acids is 1. The normalized spacial score (nSPS) is 22.8. The Hall–Kier alpha value is -2.76. The third-order valence-electron chi connectivity index (χ3n) is 7.10. The Kier molecular flexibility index (Phi) is 7.30. The predicted molar refractivity (Wildman–Crippen MR) is 129 cm³/mol. The Bertz CT molecular complexity index is 1240. The fraction of sp³-hybridized carbons (Fsp3) is 0.444. The predicted octanol–water partition coefficient (Wildman–Crippen LogP) is 5.01. The maximum absolute atomic E-state index is 15.2. The van der Waals surface area contributed by atoms with E-state index in [0.29, 0.717) is 37.7 Å². The fourth-order valence-electron chi connectivity index (χ4n) is 4.98. The van der Waals surface area contributed by atoms with Crippen LogP contribution in [0.2, 0.25) is 0 Å². The standard InChI is InChI=1S/C27H29F2NO4S/c1-3-21-10-11-25(19-8-6-5-7-9-19)35(32,33)30(21)18-20-16-24(29)22(17-23(20)28)27(14-15-27)13-12-26(31)34-4-2/h1,5-9,16-17,21,25H,4,10-15,18H2,2H3/t21-,25+/m0/s1. The van der Waals surface area contributed by atoms with Gasteiger partial charge in [0.05, 0.1) is 12.6 Å². The molecule has 2 aliphatic rings. The maximum Gasteiger partial charge on any atom is 0.305 e. The molecule has 0 aromatic heterocycles. The number of ether oxygens (including phenoxy) is 1. The summed E-state index contributed by atoms with van der Waals surface area (Å²) in [5, 5.41) is -0.793. The van der Waals surface area contributed by atoms with Gasteiger partial charge in [-0.25, -0.2) is 17.2 Å². The molecular formula is C27H29F2NO4S. The molecular weight excluding hydrogens is 472 g/mol. The van der Waals surface area contributed by atoms with Gasteiger partial charge in [-0.2, -0.15) is 4.31 Å². The number of hydrogen-bond acceptors (Lipinski definition) is 4. The Morgan fingerprint density at radius 3 is 2.51 bits per heavy atom. The molecule has 8 heteroatoms. The topological polar surface area (TPSA) is 63.7 Å². The summed E-state index contributed by atoms with van der Waals surface area (Å²) in [7, 11) is -3.91. The average Bonchev–Trinajstić information content (AvgIpc) is 3.62. The zero-order valence-corrected chi connectivity index (χ0v) is 20.5. The van der Waals surface area contributed by atoms with Crippen molar-refractivity contribution in [3.63, 3.8) is 0 Å². The highest BCUT2D eigenvalue weighted by Gasteiger charge is 2.47. The molecule has 0 radical (unpaired) electrons. The van der Waals surface area contributed by atoms with Crippen LogP contribution in [-0.4, -0.2) is 31.3 Å². The van der Waals surface area contributed by atoms with E-state index in [4.69, 9.17) is 11.2 Å². The Morgan fingerprint density at radius 2 is 1.89 bits per heavy atom. The van der Waals surface area contributed by atoms with Crippen molar-refractivity contribution >= 4 is 16.0 Å². The van der Waals surface area contributed by atoms with Gasteiger partial charge in [-0.3, -0.25) is 4.79 Å². The van der Waals surface area contributed by atoms with Gasteiger partial charge in [-0.05, 0) is 67.7 Å². The summed E-state index contributed by atoms with van der Waals surface area (Å²) in [6.07, 6.45) is 8.22. The maximum atomic E-state index is 15.2. The minimum atomic E-state index is -3.91. The summed E-state index contributed by atoms with van der Waals surface area (Å²) in [4.78, 5) is 11.8. The van der Waals surface area contributed by atoms with E-state index < -0.39 is 38.4 Å². The van der Waals surface area contributed by atoms with Crippen molar-refractivity contribution in [2.24, 2.45) is 0 Å². The zero-order chi connectivity index (χ0) is 25.2. The van der Waals surface area contributed by atoms with Crippen LogP contribution in [0, 0.1) is 24.0 Å². The smallest absolute Gasteiger partial charge is 0.305 e. The lowest BCUT2D eigenvalue weighted by atomic mass is 9.89. The van der Waals surface area contributed by atoms with Gasteiger partial charge in [0.1, 0.15) is 16.9 Å². The Labute approximate surface area is 205 Å². The number of halogens is 2. The number of nitrogens with zero attached hydrogens (tertiary/aromatic N) is 1. The van der Waals surface area contributed by atoms with Crippen LogP contribution in [0.5, 0.6) is 0 Å². The molecule has 186 valence electrons. The van der Waals surface area contributed by atoms with Crippen LogP contribution < -0.4 is 0 Å². The molecule has 0 unspecified atom stereocenters. The van der Waals surface area contributed by atoms with Gasteiger partial charge in [-0.15, -0.1) is 6.42 Å². The summed E-state index contributed by atoms with van der Waals surface area (Å²) in [5.41, 5.74) is 0.213. The molecule has 0 spiro atoms. The SMILES string of the molecule is C#C[C@H]1CC[C@H](c2ccccc2)S(=O)(=O)N1Cc1cc(F)c(C2(CCC(=O)OCC)CC2)cc1F. The second kappa shape index (κ2) is 10.1. The molecule has 4 rings (SSSR count). The van der Waals surface area contributed by atoms with Crippen LogP contribution in [-0.2, 0) is 31.5 Å².